The lowest BCUT2D eigenvalue weighted by molar-refractivity contribution is 0.0698. The van der Waals surface area contributed by atoms with Crippen molar-refractivity contribution in [2.75, 3.05) is 11.9 Å². The lowest BCUT2D eigenvalue weighted by Crippen LogP contribution is -2.35. The minimum Gasteiger partial charge on any atom is -0.478 e. The zero-order valence-electron chi connectivity index (χ0n) is 12.1. The molecule has 3 N–H and O–H groups in total. The van der Waals surface area contributed by atoms with Gasteiger partial charge < -0.3 is 15.7 Å². The maximum absolute atomic E-state index is 12.0. The first-order chi connectivity index (χ1) is 9.84. The number of amides is 2. The van der Waals surface area contributed by atoms with Crippen molar-refractivity contribution >= 4 is 33.6 Å². The van der Waals surface area contributed by atoms with Crippen LogP contribution in [0.15, 0.2) is 22.7 Å². The van der Waals surface area contributed by atoms with Crippen LogP contribution in [-0.2, 0) is 0 Å². The van der Waals surface area contributed by atoms with Gasteiger partial charge in [0.05, 0.1) is 11.3 Å². The molecule has 2 rings (SSSR count). The van der Waals surface area contributed by atoms with Crippen molar-refractivity contribution in [2.45, 2.75) is 26.7 Å². The summed E-state index contributed by atoms with van der Waals surface area (Å²) in [5, 5.41) is 14.6. The van der Waals surface area contributed by atoms with Crippen LogP contribution in [0, 0.1) is 11.3 Å². The van der Waals surface area contributed by atoms with E-state index >= 15 is 0 Å². The summed E-state index contributed by atoms with van der Waals surface area (Å²) in [6.07, 6.45) is 2.25. The fourth-order valence-electron chi connectivity index (χ4n) is 2.35. The number of halogens is 1. The number of urea groups is 1. The van der Waals surface area contributed by atoms with Gasteiger partial charge in [-0.3, -0.25) is 0 Å². The first-order valence-electron chi connectivity index (χ1n) is 6.92. The molecule has 0 saturated heterocycles. The molecule has 1 fully saturated rings. The molecule has 1 aromatic carbocycles. The summed E-state index contributed by atoms with van der Waals surface area (Å²) in [6.45, 7) is 4.93. The predicted octanol–water partition coefficient (Wildman–Crippen LogP) is 3.71. The third kappa shape index (κ3) is 3.75. The van der Waals surface area contributed by atoms with E-state index < -0.39 is 5.97 Å². The smallest absolute Gasteiger partial charge is 0.337 e. The minimum absolute atomic E-state index is 0.0679. The molecule has 0 aromatic heterocycles. The maximum Gasteiger partial charge on any atom is 0.337 e. The van der Waals surface area contributed by atoms with Crippen LogP contribution in [-0.4, -0.2) is 23.7 Å². The van der Waals surface area contributed by atoms with Crippen molar-refractivity contribution in [1.29, 1.82) is 0 Å². The Morgan fingerprint density at radius 1 is 1.38 bits per heavy atom. The van der Waals surface area contributed by atoms with Crippen molar-refractivity contribution in [3.05, 3.63) is 28.2 Å². The number of hydrogen-bond acceptors (Lipinski definition) is 2. The van der Waals surface area contributed by atoms with Gasteiger partial charge in [-0.15, -0.1) is 0 Å². The Morgan fingerprint density at radius 3 is 2.57 bits per heavy atom. The molecule has 0 unspecified atom stereocenters. The molecule has 0 radical (unpaired) electrons. The highest BCUT2D eigenvalue weighted by Gasteiger charge is 2.45. The molecule has 114 valence electrons. The summed E-state index contributed by atoms with van der Waals surface area (Å²) in [5.41, 5.74) is 0.562. The van der Waals surface area contributed by atoms with Gasteiger partial charge in [0.2, 0.25) is 0 Å². The quantitative estimate of drug-likeness (QED) is 0.754. The summed E-state index contributed by atoms with van der Waals surface area (Å²) in [6, 6.07) is 4.30. The van der Waals surface area contributed by atoms with Crippen LogP contribution < -0.4 is 10.6 Å². The van der Waals surface area contributed by atoms with E-state index in [0.717, 1.165) is 12.8 Å². The van der Waals surface area contributed by atoms with E-state index in [9.17, 15) is 9.59 Å². The van der Waals surface area contributed by atoms with Crippen LogP contribution in [0.1, 0.15) is 37.0 Å². The molecule has 1 aliphatic rings. The average molecular weight is 355 g/mol. The number of carbonyl (C=O) groups is 2. The number of anilines is 1. The molecule has 5 nitrogen and oxygen atoms in total. The fourth-order valence-corrected chi connectivity index (χ4v) is 2.71. The molecule has 0 bridgehead atoms. The van der Waals surface area contributed by atoms with Crippen molar-refractivity contribution < 1.29 is 14.7 Å². The monoisotopic (exact) mass is 354 g/mol. The number of carbonyl (C=O) groups excluding carboxylic acids is 1. The summed E-state index contributed by atoms with van der Waals surface area (Å²) >= 11 is 3.27. The van der Waals surface area contributed by atoms with E-state index in [1.165, 1.54) is 6.07 Å². The second-order valence-electron chi connectivity index (χ2n) is 5.82. The molecule has 0 atom stereocenters. The van der Waals surface area contributed by atoms with Crippen LogP contribution >= 0.6 is 15.9 Å². The number of aromatic carboxylic acids is 1. The predicted molar refractivity (Wildman–Crippen MR) is 84.6 cm³/mol. The Bertz CT molecular complexity index is 568. The molecule has 21 heavy (non-hydrogen) atoms. The SMILES string of the molecule is CC(C)C1(CNC(=O)Nc2cc(Br)ccc2C(=O)O)CC1. The van der Waals surface area contributed by atoms with Crippen molar-refractivity contribution in [3.8, 4) is 0 Å². The Hall–Kier alpha value is -1.56. The van der Waals surface area contributed by atoms with Gasteiger partial charge in [-0.1, -0.05) is 29.8 Å². The lowest BCUT2D eigenvalue weighted by atomic mass is 9.92. The molecule has 1 aliphatic carbocycles. The maximum atomic E-state index is 12.0. The number of benzene rings is 1. The van der Waals surface area contributed by atoms with Crippen molar-refractivity contribution in [1.82, 2.24) is 5.32 Å². The number of hydrogen-bond donors (Lipinski definition) is 3. The number of carboxylic acid groups (broad SMARTS) is 1. The Balaban J connectivity index is 2.00. The minimum atomic E-state index is -1.07. The van der Waals surface area contributed by atoms with Gasteiger partial charge in [0.1, 0.15) is 0 Å². The van der Waals surface area contributed by atoms with Gasteiger partial charge in [0.15, 0.2) is 0 Å². The molecule has 6 heteroatoms. The van der Waals surface area contributed by atoms with E-state index in [2.05, 4.69) is 40.4 Å². The topological polar surface area (TPSA) is 78.4 Å². The molecule has 1 saturated carbocycles. The number of nitrogens with one attached hydrogen (secondary N) is 2. The van der Waals surface area contributed by atoms with E-state index in [1.807, 2.05) is 0 Å². The van der Waals surface area contributed by atoms with E-state index in [1.54, 1.807) is 12.1 Å². The van der Waals surface area contributed by atoms with Crippen molar-refractivity contribution in [3.63, 3.8) is 0 Å². The van der Waals surface area contributed by atoms with Gasteiger partial charge in [-0.25, -0.2) is 9.59 Å². The van der Waals surface area contributed by atoms with Crippen LogP contribution in [0.4, 0.5) is 10.5 Å². The molecule has 1 aromatic rings. The first-order valence-corrected chi connectivity index (χ1v) is 7.71. The Morgan fingerprint density at radius 2 is 2.05 bits per heavy atom. The average Bonchev–Trinajstić information content (AvgIpc) is 3.17. The van der Waals surface area contributed by atoms with Gasteiger partial charge in [-0.2, -0.15) is 0 Å². The highest BCUT2D eigenvalue weighted by atomic mass is 79.9. The van der Waals surface area contributed by atoms with Gasteiger partial charge in [0.25, 0.3) is 0 Å². The van der Waals surface area contributed by atoms with Gasteiger partial charge in [0, 0.05) is 11.0 Å². The molecular weight excluding hydrogens is 336 g/mol. The largest absolute Gasteiger partial charge is 0.478 e. The zero-order chi connectivity index (χ0) is 15.6. The van der Waals surface area contributed by atoms with Gasteiger partial charge >= 0.3 is 12.0 Å². The van der Waals surface area contributed by atoms with Crippen LogP contribution in [0.2, 0.25) is 0 Å². The summed E-state index contributed by atoms with van der Waals surface area (Å²) in [4.78, 5) is 23.1. The Kier molecular flexibility index (Phi) is 4.56. The summed E-state index contributed by atoms with van der Waals surface area (Å²) in [5.74, 6) is -0.545. The van der Waals surface area contributed by atoms with Crippen LogP contribution in [0.25, 0.3) is 0 Å². The second-order valence-corrected chi connectivity index (χ2v) is 6.74. The molecule has 0 spiro atoms. The first kappa shape index (κ1) is 15.8. The normalized spacial score (nSPS) is 15.6. The molecule has 2 amide bonds. The summed E-state index contributed by atoms with van der Waals surface area (Å²) in [7, 11) is 0. The third-order valence-corrected chi connectivity index (χ3v) is 4.67. The second kappa shape index (κ2) is 6.05. The molecule has 0 heterocycles. The lowest BCUT2D eigenvalue weighted by Gasteiger charge is -2.20. The van der Waals surface area contributed by atoms with Gasteiger partial charge in [-0.05, 0) is 42.4 Å². The number of carboxylic acids is 1. The van der Waals surface area contributed by atoms with Crippen LogP contribution in [0.5, 0.6) is 0 Å². The van der Waals surface area contributed by atoms with E-state index in [-0.39, 0.29) is 22.7 Å². The standard InChI is InChI=1S/C15H19BrN2O3/c1-9(2)15(5-6-15)8-17-14(21)18-12-7-10(16)3-4-11(12)13(19)20/h3-4,7,9H,5-6,8H2,1-2H3,(H,19,20)(H2,17,18,21). The summed E-state index contributed by atoms with van der Waals surface area (Å²) < 4.78 is 0.712. The molecular formula is C15H19BrN2O3. The molecule has 0 aliphatic heterocycles. The highest BCUT2D eigenvalue weighted by Crippen LogP contribution is 2.51. The third-order valence-electron chi connectivity index (χ3n) is 4.18. The Labute approximate surface area is 132 Å². The van der Waals surface area contributed by atoms with E-state index in [0.29, 0.717) is 16.9 Å². The highest BCUT2D eigenvalue weighted by molar-refractivity contribution is 9.10. The van der Waals surface area contributed by atoms with E-state index in [4.69, 9.17) is 5.11 Å². The number of rotatable bonds is 5. The van der Waals surface area contributed by atoms with Crippen LogP contribution in [0.3, 0.4) is 0 Å². The zero-order valence-corrected chi connectivity index (χ0v) is 13.7. The van der Waals surface area contributed by atoms with Crippen molar-refractivity contribution in [2.24, 2.45) is 11.3 Å². The fraction of sp³-hybridized carbons (Fsp3) is 0.467.